The second-order valence-corrected chi connectivity index (χ2v) is 12.2. The molecular formula is C28H22N8O6S2. The van der Waals surface area contributed by atoms with Crippen LogP contribution in [0.4, 0.5) is 23.3 Å². The number of benzene rings is 3. The van der Waals surface area contributed by atoms with E-state index in [2.05, 4.69) is 40.0 Å². The predicted octanol–water partition coefficient (Wildman–Crippen LogP) is 3.37. The lowest BCUT2D eigenvalue weighted by Crippen LogP contribution is -2.20. The molecule has 0 aliphatic rings. The molecule has 16 heteroatoms. The summed E-state index contributed by atoms with van der Waals surface area (Å²) in [6.07, 6.45) is 5.58. The molecule has 0 saturated carbocycles. The lowest BCUT2D eigenvalue weighted by molar-refractivity contribution is 0.0990. The molecule has 0 bridgehead atoms. The molecule has 14 nitrogen and oxygen atoms in total. The molecule has 0 atom stereocenters. The highest BCUT2D eigenvalue weighted by Crippen LogP contribution is 2.20. The normalized spacial score (nSPS) is 11.3. The Morgan fingerprint density at radius 3 is 1.16 bits per heavy atom. The van der Waals surface area contributed by atoms with Gasteiger partial charge >= 0.3 is 0 Å². The van der Waals surface area contributed by atoms with Gasteiger partial charge in [-0.15, -0.1) is 0 Å². The monoisotopic (exact) mass is 630 g/mol. The van der Waals surface area contributed by atoms with Gasteiger partial charge in [-0.1, -0.05) is 12.1 Å². The summed E-state index contributed by atoms with van der Waals surface area (Å²) in [5.41, 5.74) is 0.671. The number of carbonyl (C=O) groups is 2. The van der Waals surface area contributed by atoms with Crippen LogP contribution in [0.15, 0.2) is 120 Å². The minimum absolute atomic E-state index is 0.0517. The van der Waals surface area contributed by atoms with Crippen LogP contribution in [0.5, 0.6) is 0 Å². The fraction of sp³-hybridized carbons (Fsp3) is 0. The van der Waals surface area contributed by atoms with Crippen molar-refractivity contribution in [1.82, 2.24) is 19.9 Å². The van der Waals surface area contributed by atoms with Crippen LogP contribution in [-0.2, 0) is 20.0 Å². The maximum atomic E-state index is 13.1. The third-order valence-electron chi connectivity index (χ3n) is 5.84. The first-order valence-corrected chi connectivity index (χ1v) is 15.6. The number of anilines is 4. The van der Waals surface area contributed by atoms with Crippen LogP contribution >= 0.6 is 0 Å². The smallest absolute Gasteiger partial charge is 0.264 e. The molecule has 2 aromatic heterocycles. The zero-order valence-corrected chi connectivity index (χ0v) is 24.1. The van der Waals surface area contributed by atoms with E-state index in [0.717, 1.165) is 0 Å². The Morgan fingerprint density at radius 2 is 0.818 bits per heavy atom. The molecular weight excluding hydrogens is 608 g/mol. The van der Waals surface area contributed by atoms with Crippen molar-refractivity contribution < 1.29 is 26.4 Å². The van der Waals surface area contributed by atoms with Gasteiger partial charge in [0, 0.05) is 36.2 Å². The fourth-order valence-corrected chi connectivity index (χ4v) is 5.69. The third-order valence-corrected chi connectivity index (χ3v) is 8.53. The summed E-state index contributed by atoms with van der Waals surface area (Å²) < 4.78 is 55.0. The molecule has 0 aliphatic carbocycles. The van der Waals surface area contributed by atoms with Crippen molar-refractivity contribution in [3.63, 3.8) is 0 Å². The highest BCUT2D eigenvalue weighted by Gasteiger charge is 2.20. The minimum atomic E-state index is -3.97. The molecule has 2 amide bonds. The highest BCUT2D eigenvalue weighted by atomic mass is 32.2. The first kappa shape index (κ1) is 29.7. The molecule has 0 spiro atoms. The summed E-state index contributed by atoms with van der Waals surface area (Å²) in [6, 6.07) is 20.0. The van der Waals surface area contributed by atoms with Crippen molar-refractivity contribution in [2.45, 2.75) is 9.79 Å². The van der Waals surface area contributed by atoms with Crippen molar-refractivity contribution in [3.05, 3.63) is 121 Å². The molecule has 3 aromatic carbocycles. The number of nitrogens with one attached hydrogen (secondary N) is 4. The van der Waals surface area contributed by atoms with Gasteiger partial charge in [0.2, 0.25) is 11.9 Å². The lowest BCUT2D eigenvalue weighted by atomic mass is 10.1. The first-order chi connectivity index (χ1) is 21.1. The second-order valence-electron chi connectivity index (χ2n) is 8.86. The van der Waals surface area contributed by atoms with Crippen LogP contribution in [0.25, 0.3) is 0 Å². The molecule has 44 heavy (non-hydrogen) atoms. The van der Waals surface area contributed by atoms with E-state index in [1.54, 1.807) is 24.3 Å². The minimum Gasteiger partial charge on any atom is -0.322 e. The Labute approximate surface area is 251 Å². The Kier molecular flexibility index (Phi) is 8.54. The third kappa shape index (κ3) is 7.18. The number of hydrogen-bond donors (Lipinski definition) is 4. The van der Waals surface area contributed by atoms with E-state index in [0.29, 0.717) is 0 Å². The van der Waals surface area contributed by atoms with Crippen LogP contribution in [-0.4, -0.2) is 48.6 Å². The molecule has 222 valence electrons. The number of rotatable bonds is 10. The Hall–Kier alpha value is -5.74. The number of hydrogen-bond acceptors (Lipinski definition) is 10. The Morgan fingerprint density at radius 1 is 0.477 bits per heavy atom. The predicted molar refractivity (Wildman–Crippen MR) is 161 cm³/mol. The quantitative estimate of drug-likeness (QED) is 0.177. The summed E-state index contributed by atoms with van der Waals surface area (Å²) >= 11 is 0. The SMILES string of the molecule is O=C(Nc1ccc(S(=O)(=O)Nc2ncccn2)cc1)c1ccccc1C(=O)Nc1ccc(S(=O)(=O)Nc2ncccn2)cc1. The topological polar surface area (TPSA) is 202 Å². The van der Waals surface area contributed by atoms with Crippen LogP contribution in [0.2, 0.25) is 0 Å². The number of carbonyl (C=O) groups excluding carboxylic acids is 2. The number of aromatic nitrogens is 4. The van der Waals surface area contributed by atoms with Crippen molar-refractivity contribution in [2.24, 2.45) is 0 Å². The second kappa shape index (κ2) is 12.6. The molecule has 5 rings (SSSR count). The van der Waals surface area contributed by atoms with E-state index >= 15 is 0 Å². The Balaban J connectivity index is 1.25. The molecule has 4 N–H and O–H groups in total. The number of sulfonamides is 2. The van der Waals surface area contributed by atoms with Gasteiger partial charge in [0.1, 0.15) is 0 Å². The van der Waals surface area contributed by atoms with Crippen molar-refractivity contribution in [1.29, 1.82) is 0 Å². The van der Waals surface area contributed by atoms with Crippen molar-refractivity contribution in [3.8, 4) is 0 Å². The van der Waals surface area contributed by atoms with E-state index in [4.69, 9.17) is 0 Å². The average molecular weight is 631 g/mol. The van der Waals surface area contributed by atoms with Crippen LogP contribution < -0.4 is 20.1 Å². The highest BCUT2D eigenvalue weighted by molar-refractivity contribution is 7.93. The van der Waals surface area contributed by atoms with Gasteiger partial charge in [0.25, 0.3) is 31.9 Å². The first-order valence-electron chi connectivity index (χ1n) is 12.6. The average Bonchev–Trinajstić information content (AvgIpc) is 3.02. The Bertz CT molecular complexity index is 1860. The maximum absolute atomic E-state index is 13.1. The van der Waals surface area contributed by atoms with E-state index in [-0.39, 0.29) is 44.2 Å². The molecule has 2 heterocycles. The summed E-state index contributed by atoms with van der Waals surface area (Å²) in [4.78, 5) is 41.4. The number of nitrogens with zero attached hydrogens (tertiary/aromatic N) is 4. The zero-order chi connectivity index (χ0) is 31.2. The molecule has 0 fully saturated rings. The standard InChI is InChI=1S/C28H22N8O6S2/c37-25(33-19-7-11-21(12-8-19)43(39,40)35-27-29-15-3-16-30-27)23-5-1-2-6-24(23)26(38)34-20-9-13-22(14-10-20)44(41,42)36-28-31-17-4-18-32-28/h1-18H,(H,33,37)(H,34,38)(H,29,30,35)(H,31,32,36). The van der Waals surface area contributed by atoms with Crippen LogP contribution in [0.1, 0.15) is 20.7 Å². The largest absolute Gasteiger partial charge is 0.322 e. The van der Waals surface area contributed by atoms with E-state index in [9.17, 15) is 26.4 Å². The van der Waals surface area contributed by atoms with Gasteiger partial charge in [-0.2, -0.15) is 0 Å². The van der Waals surface area contributed by atoms with Gasteiger partial charge in [0.05, 0.1) is 20.9 Å². The van der Waals surface area contributed by atoms with Crippen molar-refractivity contribution >= 4 is 55.1 Å². The van der Waals surface area contributed by atoms with Crippen molar-refractivity contribution in [2.75, 3.05) is 20.1 Å². The van der Waals surface area contributed by atoms with Gasteiger partial charge in [0.15, 0.2) is 0 Å². The molecule has 0 radical (unpaired) electrons. The molecule has 5 aromatic rings. The molecule has 0 saturated heterocycles. The van der Waals surface area contributed by atoms with Crippen LogP contribution in [0.3, 0.4) is 0 Å². The van der Waals surface area contributed by atoms with E-state index in [1.807, 2.05) is 0 Å². The zero-order valence-electron chi connectivity index (χ0n) is 22.4. The number of amides is 2. The fourth-order valence-electron chi connectivity index (χ4n) is 3.77. The summed E-state index contributed by atoms with van der Waals surface area (Å²) in [5.74, 6) is -1.40. The van der Waals surface area contributed by atoms with Gasteiger partial charge in [-0.05, 0) is 72.8 Å². The van der Waals surface area contributed by atoms with Gasteiger partial charge in [-0.25, -0.2) is 46.2 Å². The summed E-state index contributed by atoms with van der Waals surface area (Å²) in [5, 5.41) is 5.29. The molecule has 0 unspecified atom stereocenters. The maximum Gasteiger partial charge on any atom is 0.264 e. The summed E-state index contributed by atoms with van der Waals surface area (Å²) in [7, 11) is -7.93. The van der Waals surface area contributed by atoms with Gasteiger partial charge in [-0.3, -0.25) is 9.59 Å². The lowest BCUT2D eigenvalue weighted by Gasteiger charge is -2.12. The van der Waals surface area contributed by atoms with E-state index < -0.39 is 31.9 Å². The molecule has 0 aliphatic heterocycles. The van der Waals surface area contributed by atoms with Gasteiger partial charge < -0.3 is 10.6 Å². The van der Waals surface area contributed by atoms with Crippen LogP contribution in [0, 0.1) is 0 Å². The van der Waals surface area contributed by atoms with E-state index in [1.165, 1.54) is 85.5 Å². The summed E-state index contributed by atoms with van der Waals surface area (Å²) in [6.45, 7) is 0.